The molecular weight excluding hydrogens is 250 g/mol. The van der Waals surface area contributed by atoms with Gasteiger partial charge >= 0.3 is 0 Å². The Morgan fingerprint density at radius 3 is 3.00 bits per heavy atom. The maximum Gasteiger partial charge on any atom is 0.220 e. The predicted octanol–water partition coefficient (Wildman–Crippen LogP) is 1.62. The van der Waals surface area contributed by atoms with E-state index in [-0.39, 0.29) is 5.91 Å². The smallest absolute Gasteiger partial charge is 0.220 e. The average molecular weight is 268 g/mol. The van der Waals surface area contributed by atoms with Gasteiger partial charge in [-0.3, -0.25) is 4.79 Å². The normalized spacial score (nSPS) is 18.5. The topological polar surface area (TPSA) is 41.1 Å². The second kappa shape index (κ2) is 6.61. The van der Waals surface area contributed by atoms with E-state index in [1.54, 1.807) is 0 Å². The molecule has 1 amide bonds. The Labute approximate surface area is 111 Å². The molecule has 2 rings (SSSR count). The number of hydrogen-bond acceptors (Lipinski definition) is 2. The third-order valence-electron chi connectivity index (χ3n) is 3.36. The van der Waals surface area contributed by atoms with Crippen LogP contribution in [0.2, 0.25) is 0 Å². The van der Waals surface area contributed by atoms with Crippen LogP contribution < -0.4 is 10.6 Å². The van der Waals surface area contributed by atoms with Crippen molar-refractivity contribution in [2.45, 2.75) is 19.3 Å². The predicted molar refractivity (Wildman–Crippen MR) is 68.7 cm³/mol. The van der Waals surface area contributed by atoms with Gasteiger partial charge in [0, 0.05) is 13.0 Å². The summed E-state index contributed by atoms with van der Waals surface area (Å²) in [6.07, 6.45) is 1.82. The van der Waals surface area contributed by atoms with Crippen molar-refractivity contribution in [2.75, 3.05) is 19.6 Å². The van der Waals surface area contributed by atoms with E-state index in [0.29, 0.717) is 30.9 Å². The van der Waals surface area contributed by atoms with Gasteiger partial charge in [-0.05, 0) is 55.6 Å². The third kappa shape index (κ3) is 4.28. The van der Waals surface area contributed by atoms with E-state index in [0.717, 1.165) is 31.6 Å². The molecule has 1 aromatic rings. The molecular formula is C14H18F2N2O. The highest BCUT2D eigenvalue weighted by Crippen LogP contribution is 2.12. The molecule has 1 saturated heterocycles. The molecule has 0 aliphatic carbocycles. The highest BCUT2D eigenvalue weighted by Gasteiger charge is 2.17. The van der Waals surface area contributed by atoms with Crippen molar-refractivity contribution in [3.05, 3.63) is 35.4 Å². The fourth-order valence-corrected chi connectivity index (χ4v) is 2.29. The molecule has 0 saturated carbocycles. The minimum atomic E-state index is -0.459. The molecule has 0 radical (unpaired) electrons. The number of hydrogen-bond donors (Lipinski definition) is 2. The molecule has 5 heteroatoms. The number of carbonyl (C=O) groups is 1. The van der Waals surface area contributed by atoms with Crippen LogP contribution in [0, 0.1) is 17.6 Å². The van der Waals surface area contributed by atoms with Crippen LogP contribution in [0.4, 0.5) is 8.78 Å². The minimum absolute atomic E-state index is 0.0227. The van der Waals surface area contributed by atoms with E-state index >= 15 is 0 Å². The molecule has 2 N–H and O–H groups in total. The second-order valence-corrected chi connectivity index (χ2v) is 4.90. The first-order chi connectivity index (χ1) is 9.15. The van der Waals surface area contributed by atoms with Crippen molar-refractivity contribution in [1.82, 2.24) is 10.6 Å². The number of carbonyl (C=O) groups excluding carboxylic acids is 1. The molecule has 3 nitrogen and oxygen atoms in total. The summed E-state index contributed by atoms with van der Waals surface area (Å²) in [5.74, 6) is -0.521. The molecule has 1 aliphatic rings. The highest BCUT2D eigenvalue weighted by molar-refractivity contribution is 5.76. The van der Waals surface area contributed by atoms with Crippen LogP contribution in [-0.4, -0.2) is 25.5 Å². The molecule has 1 atom stereocenters. The molecule has 0 bridgehead atoms. The molecule has 1 heterocycles. The van der Waals surface area contributed by atoms with Gasteiger partial charge in [-0.2, -0.15) is 0 Å². The van der Waals surface area contributed by atoms with Crippen LogP contribution in [0.3, 0.4) is 0 Å². The van der Waals surface area contributed by atoms with Gasteiger partial charge in [-0.25, -0.2) is 8.78 Å². The first-order valence-electron chi connectivity index (χ1n) is 6.56. The van der Waals surface area contributed by atoms with Crippen molar-refractivity contribution < 1.29 is 13.6 Å². The van der Waals surface area contributed by atoms with Gasteiger partial charge in [0.05, 0.1) is 0 Å². The lowest BCUT2D eigenvalue weighted by Crippen LogP contribution is -2.28. The van der Waals surface area contributed by atoms with Gasteiger partial charge in [0.2, 0.25) is 5.91 Å². The third-order valence-corrected chi connectivity index (χ3v) is 3.36. The summed E-state index contributed by atoms with van der Waals surface area (Å²) in [6.45, 7) is 2.18. The van der Waals surface area contributed by atoms with Crippen molar-refractivity contribution in [2.24, 2.45) is 5.92 Å². The largest absolute Gasteiger partial charge is 0.356 e. The fourth-order valence-electron chi connectivity index (χ4n) is 2.29. The Kier molecular flexibility index (Phi) is 4.85. The summed E-state index contributed by atoms with van der Waals surface area (Å²) in [6, 6.07) is 3.36. The Morgan fingerprint density at radius 1 is 1.42 bits per heavy atom. The number of amides is 1. The average Bonchev–Trinajstić information content (AvgIpc) is 2.86. The van der Waals surface area contributed by atoms with Gasteiger partial charge in [-0.1, -0.05) is 0 Å². The Morgan fingerprint density at radius 2 is 2.26 bits per heavy atom. The lowest BCUT2D eigenvalue weighted by atomic mass is 10.0. The number of rotatable bonds is 5. The van der Waals surface area contributed by atoms with Gasteiger partial charge < -0.3 is 10.6 Å². The van der Waals surface area contributed by atoms with Gasteiger partial charge in [0.25, 0.3) is 0 Å². The maximum absolute atomic E-state index is 13.3. The van der Waals surface area contributed by atoms with Crippen LogP contribution in [0.5, 0.6) is 0 Å². The van der Waals surface area contributed by atoms with Crippen molar-refractivity contribution in [1.29, 1.82) is 0 Å². The highest BCUT2D eigenvalue weighted by atomic mass is 19.1. The van der Waals surface area contributed by atoms with Gasteiger partial charge in [0.15, 0.2) is 0 Å². The van der Waals surface area contributed by atoms with Crippen LogP contribution >= 0.6 is 0 Å². The van der Waals surface area contributed by atoms with Crippen LogP contribution in [0.25, 0.3) is 0 Å². The molecule has 1 fully saturated rings. The van der Waals surface area contributed by atoms with Crippen LogP contribution in [-0.2, 0) is 11.2 Å². The summed E-state index contributed by atoms with van der Waals surface area (Å²) in [7, 11) is 0. The van der Waals surface area contributed by atoms with Crippen molar-refractivity contribution >= 4 is 5.91 Å². The standard InChI is InChI=1S/C14H18F2N2O/c15-12-1-2-13(16)11(8-12)4-6-18-14(19)7-10-3-5-17-9-10/h1-2,8,10,17H,3-7,9H2,(H,18,19). The summed E-state index contributed by atoms with van der Waals surface area (Å²) < 4.78 is 26.3. The summed E-state index contributed by atoms with van der Waals surface area (Å²) in [5.41, 5.74) is 0.294. The fraction of sp³-hybridized carbons (Fsp3) is 0.500. The monoisotopic (exact) mass is 268 g/mol. The summed E-state index contributed by atoms with van der Waals surface area (Å²) in [4.78, 5) is 11.6. The second-order valence-electron chi connectivity index (χ2n) is 4.90. The van der Waals surface area contributed by atoms with Crippen LogP contribution in [0.15, 0.2) is 18.2 Å². The zero-order valence-electron chi connectivity index (χ0n) is 10.7. The lowest BCUT2D eigenvalue weighted by molar-refractivity contribution is -0.121. The van der Waals surface area contributed by atoms with E-state index in [4.69, 9.17) is 0 Å². The Hall–Kier alpha value is -1.49. The first-order valence-corrected chi connectivity index (χ1v) is 6.56. The Bertz CT molecular complexity index is 445. The zero-order valence-corrected chi connectivity index (χ0v) is 10.7. The molecule has 1 aromatic carbocycles. The van der Waals surface area contributed by atoms with Crippen LogP contribution in [0.1, 0.15) is 18.4 Å². The lowest BCUT2D eigenvalue weighted by Gasteiger charge is -2.09. The summed E-state index contributed by atoms with van der Waals surface area (Å²) in [5, 5.41) is 5.95. The van der Waals surface area contributed by atoms with Crippen molar-refractivity contribution in [3.8, 4) is 0 Å². The maximum atomic E-state index is 13.3. The number of halogens is 2. The van der Waals surface area contributed by atoms with E-state index < -0.39 is 11.6 Å². The van der Waals surface area contributed by atoms with E-state index in [1.807, 2.05) is 0 Å². The molecule has 19 heavy (non-hydrogen) atoms. The van der Waals surface area contributed by atoms with E-state index in [2.05, 4.69) is 10.6 Å². The van der Waals surface area contributed by atoms with E-state index in [1.165, 1.54) is 6.07 Å². The zero-order chi connectivity index (χ0) is 13.7. The van der Waals surface area contributed by atoms with Gasteiger partial charge in [-0.15, -0.1) is 0 Å². The molecule has 104 valence electrons. The quantitative estimate of drug-likeness (QED) is 0.852. The number of benzene rings is 1. The number of nitrogens with one attached hydrogen (secondary N) is 2. The summed E-state index contributed by atoms with van der Waals surface area (Å²) >= 11 is 0. The molecule has 1 aliphatic heterocycles. The Balaban J connectivity index is 1.73. The van der Waals surface area contributed by atoms with Gasteiger partial charge in [0.1, 0.15) is 11.6 Å². The molecule has 0 spiro atoms. The first kappa shape index (κ1) is 13.9. The van der Waals surface area contributed by atoms with Crippen molar-refractivity contribution in [3.63, 3.8) is 0 Å². The molecule has 1 unspecified atom stereocenters. The SMILES string of the molecule is O=C(CC1CCNC1)NCCc1cc(F)ccc1F. The molecule has 0 aromatic heterocycles. The minimum Gasteiger partial charge on any atom is -0.356 e. The van der Waals surface area contributed by atoms with E-state index in [9.17, 15) is 13.6 Å².